The van der Waals surface area contributed by atoms with Crippen molar-refractivity contribution in [2.45, 2.75) is 32.7 Å². The van der Waals surface area contributed by atoms with E-state index in [1.165, 1.54) is 11.0 Å². The fourth-order valence-corrected chi connectivity index (χ4v) is 2.09. The predicted octanol–water partition coefficient (Wildman–Crippen LogP) is 1.88. The number of hydrogen-bond donors (Lipinski definition) is 1. The number of nitrogen functional groups attached to an aromatic ring is 1. The maximum atomic E-state index is 13.7. The number of benzene rings is 1. The van der Waals surface area contributed by atoms with Gasteiger partial charge in [-0.25, -0.2) is 4.39 Å². The Bertz CT molecular complexity index is 547. The molecule has 1 fully saturated rings. The summed E-state index contributed by atoms with van der Waals surface area (Å²) in [5.74, 6) is -1.38. The lowest BCUT2D eigenvalue weighted by atomic mass is 10.1. The zero-order chi connectivity index (χ0) is 15.6. The summed E-state index contributed by atoms with van der Waals surface area (Å²) >= 11 is 0. The van der Waals surface area contributed by atoms with Crippen LogP contribution in [-0.4, -0.2) is 36.0 Å². The average Bonchev–Trinajstić information content (AvgIpc) is 3.25. The summed E-state index contributed by atoms with van der Waals surface area (Å²) in [6.07, 6.45) is 1.68. The van der Waals surface area contributed by atoms with E-state index < -0.39 is 17.7 Å². The highest BCUT2D eigenvalue weighted by Crippen LogP contribution is 2.29. The van der Waals surface area contributed by atoms with Crippen LogP contribution in [0.5, 0.6) is 0 Å². The summed E-state index contributed by atoms with van der Waals surface area (Å²) < 4.78 is 18.6. The van der Waals surface area contributed by atoms with Crippen molar-refractivity contribution in [3.63, 3.8) is 0 Å². The third-order valence-corrected chi connectivity index (χ3v) is 3.48. The zero-order valence-corrected chi connectivity index (χ0v) is 12.2. The fourth-order valence-electron chi connectivity index (χ4n) is 2.09. The molecule has 0 spiro atoms. The van der Waals surface area contributed by atoms with Gasteiger partial charge in [0.15, 0.2) is 0 Å². The summed E-state index contributed by atoms with van der Waals surface area (Å²) in [6.45, 7) is 3.40. The van der Waals surface area contributed by atoms with Crippen molar-refractivity contribution in [2.24, 2.45) is 0 Å². The van der Waals surface area contributed by atoms with Crippen LogP contribution in [0.3, 0.4) is 0 Å². The van der Waals surface area contributed by atoms with E-state index in [1.54, 1.807) is 13.8 Å². The minimum atomic E-state index is -0.523. The van der Waals surface area contributed by atoms with E-state index in [-0.39, 0.29) is 30.4 Å². The molecule has 0 atom stereocenters. The minimum absolute atomic E-state index is 0.0208. The van der Waals surface area contributed by atoms with Gasteiger partial charge in [0.2, 0.25) is 0 Å². The van der Waals surface area contributed by atoms with E-state index >= 15 is 0 Å². The van der Waals surface area contributed by atoms with Crippen LogP contribution in [0.4, 0.5) is 10.1 Å². The molecule has 0 aromatic heterocycles. The Balaban J connectivity index is 2.20. The van der Waals surface area contributed by atoms with E-state index in [0.717, 1.165) is 18.9 Å². The van der Waals surface area contributed by atoms with Crippen molar-refractivity contribution in [1.29, 1.82) is 0 Å². The lowest BCUT2D eigenvalue weighted by molar-refractivity contribution is -0.144. The molecule has 5 nitrogen and oxygen atoms in total. The first-order valence-corrected chi connectivity index (χ1v) is 6.96. The van der Waals surface area contributed by atoms with Gasteiger partial charge in [-0.3, -0.25) is 9.59 Å². The second-order valence-corrected chi connectivity index (χ2v) is 5.14. The largest absolute Gasteiger partial charge is 0.465 e. The first kappa shape index (κ1) is 15.3. The summed E-state index contributed by atoms with van der Waals surface area (Å²) in [7, 11) is 0. The van der Waals surface area contributed by atoms with Crippen LogP contribution in [0.2, 0.25) is 0 Å². The molecular formula is C15H19FN2O3. The van der Waals surface area contributed by atoms with Gasteiger partial charge in [-0.1, -0.05) is 0 Å². The molecule has 1 aromatic rings. The SMILES string of the molecule is CCOC(=O)CN(C(=O)c1cc(N)c(C)c(F)c1)C1CC1. The highest BCUT2D eigenvalue weighted by molar-refractivity contribution is 5.97. The standard InChI is InChI=1S/C15H19FN2O3/c1-3-21-14(19)8-18(11-4-5-11)15(20)10-6-12(16)9(2)13(17)7-10/h6-7,11H,3-5,8,17H2,1-2H3. The Labute approximate surface area is 122 Å². The van der Waals surface area contributed by atoms with E-state index in [9.17, 15) is 14.0 Å². The average molecular weight is 294 g/mol. The van der Waals surface area contributed by atoms with Crippen molar-refractivity contribution in [1.82, 2.24) is 4.90 Å². The lowest BCUT2D eigenvalue weighted by Gasteiger charge is -2.21. The van der Waals surface area contributed by atoms with Crippen molar-refractivity contribution in [2.75, 3.05) is 18.9 Å². The van der Waals surface area contributed by atoms with Gasteiger partial charge in [0.25, 0.3) is 5.91 Å². The van der Waals surface area contributed by atoms with Crippen molar-refractivity contribution < 1.29 is 18.7 Å². The van der Waals surface area contributed by atoms with Crippen LogP contribution in [0, 0.1) is 12.7 Å². The number of amides is 1. The van der Waals surface area contributed by atoms with Gasteiger partial charge in [-0.2, -0.15) is 0 Å². The maximum Gasteiger partial charge on any atom is 0.325 e. The quantitative estimate of drug-likeness (QED) is 0.665. The Hall–Kier alpha value is -2.11. The van der Waals surface area contributed by atoms with Crippen LogP contribution in [-0.2, 0) is 9.53 Å². The van der Waals surface area contributed by atoms with Gasteiger partial charge in [0, 0.05) is 22.9 Å². The molecule has 0 radical (unpaired) electrons. The Morgan fingerprint density at radius 1 is 1.43 bits per heavy atom. The topological polar surface area (TPSA) is 72.6 Å². The van der Waals surface area contributed by atoms with Crippen molar-refractivity contribution in [3.05, 3.63) is 29.1 Å². The van der Waals surface area contributed by atoms with Crippen LogP contribution in [0.25, 0.3) is 0 Å². The number of carbonyl (C=O) groups excluding carboxylic acids is 2. The first-order valence-electron chi connectivity index (χ1n) is 6.96. The molecule has 1 aliphatic rings. The second kappa shape index (κ2) is 6.11. The molecule has 0 unspecified atom stereocenters. The molecule has 114 valence electrons. The number of halogens is 1. The second-order valence-electron chi connectivity index (χ2n) is 5.14. The molecule has 6 heteroatoms. The number of anilines is 1. The molecule has 2 rings (SSSR count). The molecule has 2 N–H and O–H groups in total. The van der Waals surface area contributed by atoms with E-state index in [4.69, 9.17) is 10.5 Å². The summed E-state index contributed by atoms with van der Waals surface area (Å²) in [6, 6.07) is 2.63. The molecule has 0 heterocycles. The Kier molecular flexibility index (Phi) is 4.45. The van der Waals surface area contributed by atoms with Crippen LogP contribution in [0.15, 0.2) is 12.1 Å². The first-order chi connectivity index (χ1) is 9.93. The molecule has 0 aliphatic heterocycles. The normalized spacial score (nSPS) is 13.9. The molecule has 0 saturated heterocycles. The zero-order valence-electron chi connectivity index (χ0n) is 12.2. The smallest absolute Gasteiger partial charge is 0.325 e. The minimum Gasteiger partial charge on any atom is -0.465 e. The van der Waals surface area contributed by atoms with Crippen molar-refractivity contribution in [3.8, 4) is 0 Å². The maximum absolute atomic E-state index is 13.7. The van der Waals surface area contributed by atoms with Gasteiger partial charge in [-0.15, -0.1) is 0 Å². The summed E-state index contributed by atoms with van der Waals surface area (Å²) in [5, 5.41) is 0. The molecule has 1 amide bonds. The molecule has 1 aromatic carbocycles. The van der Waals surface area contributed by atoms with Gasteiger partial charge in [0.05, 0.1) is 6.61 Å². The van der Waals surface area contributed by atoms with Gasteiger partial charge in [0.1, 0.15) is 12.4 Å². The highest BCUT2D eigenvalue weighted by Gasteiger charge is 2.35. The van der Waals surface area contributed by atoms with Crippen LogP contribution in [0.1, 0.15) is 35.7 Å². The number of esters is 1. The fraction of sp³-hybridized carbons (Fsp3) is 0.467. The number of ether oxygens (including phenoxy) is 1. The van der Waals surface area contributed by atoms with E-state index in [1.807, 2.05) is 0 Å². The molecule has 1 saturated carbocycles. The number of nitrogens with two attached hydrogens (primary N) is 1. The van der Waals surface area contributed by atoms with E-state index in [2.05, 4.69) is 0 Å². The van der Waals surface area contributed by atoms with E-state index in [0.29, 0.717) is 5.56 Å². The van der Waals surface area contributed by atoms with Gasteiger partial charge in [-0.05, 0) is 38.8 Å². The summed E-state index contributed by atoms with van der Waals surface area (Å²) in [5.41, 5.74) is 6.40. The highest BCUT2D eigenvalue weighted by atomic mass is 19.1. The summed E-state index contributed by atoms with van der Waals surface area (Å²) in [4.78, 5) is 25.5. The lowest BCUT2D eigenvalue weighted by Crippen LogP contribution is -2.38. The van der Waals surface area contributed by atoms with Crippen molar-refractivity contribution >= 4 is 17.6 Å². The van der Waals surface area contributed by atoms with Crippen LogP contribution >= 0.6 is 0 Å². The predicted molar refractivity (Wildman–Crippen MR) is 76.2 cm³/mol. The van der Waals surface area contributed by atoms with Crippen LogP contribution < -0.4 is 5.73 Å². The Morgan fingerprint density at radius 3 is 2.62 bits per heavy atom. The third-order valence-electron chi connectivity index (χ3n) is 3.48. The number of carbonyl (C=O) groups is 2. The molecular weight excluding hydrogens is 275 g/mol. The number of rotatable bonds is 5. The van der Waals surface area contributed by atoms with Gasteiger partial charge >= 0.3 is 5.97 Å². The molecule has 1 aliphatic carbocycles. The molecule has 0 bridgehead atoms. The van der Waals surface area contributed by atoms with Gasteiger partial charge < -0.3 is 15.4 Å². The third kappa shape index (κ3) is 3.51. The molecule has 21 heavy (non-hydrogen) atoms. The Morgan fingerprint density at radius 2 is 2.10 bits per heavy atom. The number of nitrogens with zero attached hydrogens (tertiary/aromatic N) is 1. The monoisotopic (exact) mass is 294 g/mol. The number of hydrogen-bond acceptors (Lipinski definition) is 4.